The number of carbonyl (C=O) groups is 1. The van der Waals surface area contributed by atoms with Crippen molar-refractivity contribution < 1.29 is 22.9 Å². The molecule has 0 bridgehead atoms. The van der Waals surface area contributed by atoms with Gasteiger partial charge in [-0.15, -0.1) is 0 Å². The number of nitro groups is 1. The molecule has 9 nitrogen and oxygen atoms in total. The molecule has 0 aliphatic heterocycles. The van der Waals surface area contributed by atoms with E-state index in [9.17, 15) is 23.3 Å². The van der Waals surface area contributed by atoms with E-state index in [0.29, 0.717) is 11.3 Å². The third-order valence-corrected chi connectivity index (χ3v) is 5.65. The topological polar surface area (TPSA) is 119 Å². The SMILES string of the molecule is Cc1ccc(OCCNC(=O)C(C)N(c2cc([N+](=O)[O-])ccc2C)S(C)(=O)=O)cc1. The van der Waals surface area contributed by atoms with E-state index in [2.05, 4.69) is 5.32 Å². The van der Waals surface area contributed by atoms with Crippen molar-refractivity contribution in [3.05, 3.63) is 63.7 Å². The molecule has 1 unspecified atom stereocenters. The van der Waals surface area contributed by atoms with Crippen LogP contribution in [0.1, 0.15) is 18.1 Å². The summed E-state index contributed by atoms with van der Waals surface area (Å²) in [4.78, 5) is 23.1. The second-order valence-electron chi connectivity index (χ2n) is 6.92. The fourth-order valence-corrected chi connectivity index (χ4v) is 4.08. The Hall–Kier alpha value is -3.14. The summed E-state index contributed by atoms with van der Waals surface area (Å²) >= 11 is 0. The molecule has 0 aliphatic rings. The van der Waals surface area contributed by atoms with Gasteiger partial charge in [-0.25, -0.2) is 8.42 Å². The van der Waals surface area contributed by atoms with E-state index in [0.717, 1.165) is 22.2 Å². The van der Waals surface area contributed by atoms with Crippen molar-refractivity contribution in [3.8, 4) is 5.75 Å². The van der Waals surface area contributed by atoms with Gasteiger partial charge in [0.15, 0.2) is 0 Å². The number of hydrogen-bond donors (Lipinski definition) is 1. The van der Waals surface area contributed by atoms with E-state index in [1.807, 2.05) is 31.2 Å². The normalized spacial score (nSPS) is 12.1. The van der Waals surface area contributed by atoms with Crippen LogP contribution in [0.2, 0.25) is 0 Å². The zero-order valence-corrected chi connectivity index (χ0v) is 18.1. The Morgan fingerprint density at radius 1 is 1.20 bits per heavy atom. The van der Waals surface area contributed by atoms with Crippen molar-refractivity contribution in [2.45, 2.75) is 26.8 Å². The first-order chi connectivity index (χ1) is 14.0. The van der Waals surface area contributed by atoms with Crippen molar-refractivity contribution in [1.29, 1.82) is 0 Å². The smallest absolute Gasteiger partial charge is 0.271 e. The van der Waals surface area contributed by atoms with Gasteiger partial charge >= 0.3 is 0 Å². The molecule has 0 heterocycles. The maximum atomic E-state index is 12.6. The first-order valence-electron chi connectivity index (χ1n) is 9.22. The summed E-state index contributed by atoms with van der Waals surface area (Å²) in [6.45, 7) is 5.38. The van der Waals surface area contributed by atoms with Crippen LogP contribution in [0.3, 0.4) is 0 Å². The summed E-state index contributed by atoms with van der Waals surface area (Å²) in [6, 6.07) is 10.2. The highest BCUT2D eigenvalue weighted by molar-refractivity contribution is 7.92. The lowest BCUT2D eigenvalue weighted by Crippen LogP contribution is -2.48. The number of ether oxygens (including phenoxy) is 1. The Kier molecular flexibility index (Phi) is 7.38. The van der Waals surface area contributed by atoms with Gasteiger partial charge < -0.3 is 10.1 Å². The van der Waals surface area contributed by atoms with Gasteiger partial charge in [-0.1, -0.05) is 23.8 Å². The van der Waals surface area contributed by atoms with Crippen LogP contribution in [-0.4, -0.2) is 44.7 Å². The van der Waals surface area contributed by atoms with Crippen LogP contribution in [0, 0.1) is 24.0 Å². The minimum Gasteiger partial charge on any atom is -0.492 e. The predicted molar refractivity (Wildman–Crippen MR) is 114 cm³/mol. The number of sulfonamides is 1. The molecule has 1 atom stereocenters. The number of nitrogens with one attached hydrogen (secondary N) is 1. The molecule has 0 fully saturated rings. The van der Waals surface area contributed by atoms with Crippen LogP contribution in [0.4, 0.5) is 11.4 Å². The number of non-ortho nitro benzene ring substituents is 1. The lowest BCUT2D eigenvalue weighted by Gasteiger charge is -2.29. The lowest BCUT2D eigenvalue weighted by molar-refractivity contribution is -0.384. The Balaban J connectivity index is 2.10. The minimum atomic E-state index is -3.89. The van der Waals surface area contributed by atoms with Gasteiger partial charge in [-0.05, 0) is 38.5 Å². The number of amides is 1. The molecule has 1 amide bonds. The molecule has 0 saturated heterocycles. The number of carbonyl (C=O) groups excluding carboxylic acids is 1. The largest absolute Gasteiger partial charge is 0.492 e. The van der Waals surface area contributed by atoms with Crippen LogP contribution in [0.15, 0.2) is 42.5 Å². The van der Waals surface area contributed by atoms with Crippen LogP contribution in [-0.2, 0) is 14.8 Å². The van der Waals surface area contributed by atoms with E-state index in [4.69, 9.17) is 4.74 Å². The third kappa shape index (κ3) is 5.93. The molecule has 0 radical (unpaired) electrons. The molecular weight excluding hydrogens is 410 g/mol. The van der Waals surface area contributed by atoms with Gasteiger partial charge in [0.2, 0.25) is 15.9 Å². The summed E-state index contributed by atoms with van der Waals surface area (Å²) in [6.07, 6.45) is 0.954. The molecule has 2 rings (SSSR count). The number of benzene rings is 2. The van der Waals surface area contributed by atoms with Crippen molar-refractivity contribution >= 4 is 27.3 Å². The Morgan fingerprint density at radius 3 is 2.40 bits per heavy atom. The maximum Gasteiger partial charge on any atom is 0.271 e. The first-order valence-corrected chi connectivity index (χ1v) is 11.1. The van der Waals surface area contributed by atoms with Crippen LogP contribution < -0.4 is 14.4 Å². The number of hydrogen-bond acceptors (Lipinski definition) is 6. The number of rotatable bonds is 9. The van der Waals surface area contributed by atoms with Gasteiger partial charge in [0.1, 0.15) is 18.4 Å². The van der Waals surface area contributed by atoms with E-state index in [1.54, 1.807) is 6.92 Å². The molecule has 0 aromatic heterocycles. The van der Waals surface area contributed by atoms with Crippen molar-refractivity contribution in [2.24, 2.45) is 0 Å². The van der Waals surface area contributed by atoms with Gasteiger partial charge in [-0.2, -0.15) is 0 Å². The minimum absolute atomic E-state index is 0.0882. The Labute approximate surface area is 175 Å². The average Bonchev–Trinajstić information content (AvgIpc) is 2.66. The number of anilines is 1. The van der Waals surface area contributed by atoms with Gasteiger partial charge in [0, 0.05) is 12.1 Å². The summed E-state index contributed by atoms with van der Waals surface area (Å²) in [5, 5.41) is 13.7. The van der Waals surface area contributed by atoms with E-state index in [-0.39, 0.29) is 24.5 Å². The summed E-state index contributed by atoms with van der Waals surface area (Å²) in [7, 11) is -3.89. The average molecular weight is 436 g/mol. The molecule has 0 saturated carbocycles. The molecule has 2 aromatic carbocycles. The van der Waals surface area contributed by atoms with Crippen LogP contribution >= 0.6 is 0 Å². The van der Waals surface area contributed by atoms with E-state index in [1.165, 1.54) is 19.1 Å². The molecule has 162 valence electrons. The monoisotopic (exact) mass is 435 g/mol. The molecule has 30 heavy (non-hydrogen) atoms. The third-order valence-electron chi connectivity index (χ3n) is 4.42. The Bertz CT molecular complexity index is 1020. The molecule has 2 aromatic rings. The van der Waals surface area contributed by atoms with Crippen LogP contribution in [0.25, 0.3) is 0 Å². The standard InChI is InChI=1S/C20H25N3O6S/c1-14-5-9-18(10-6-14)29-12-11-21-20(24)16(3)22(30(4,27)28)19-13-17(23(25)26)8-7-15(19)2/h5-10,13,16H,11-12H2,1-4H3,(H,21,24). The van der Waals surface area contributed by atoms with Gasteiger partial charge in [0.05, 0.1) is 23.4 Å². The molecular formula is C20H25N3O6S. The number of nitrogens with zero attached hydrogens (tertiary/aromatic N) is 2. The second-order valence-corrected chi connectivity index (χ2v) is 8.77. The highest BCUT2D eigenvalue weighted by atomic mass is 32.2. The molecule has 1 N–H and O–H groups in total. The highest BCUT2D eigenvalue weighted by Crippen LogP contribution is 2.29. The van der Waals surface area contributed by atoms with Gasteiger partial charge in [-0.3, -0.25) is 19.2 Å². The van der Waals surface area contributed by atoms with Crippen molar-refractivity contribution in [1.82, 2.24) is 5.32 Å². The molecule has 0 spiro atoms. The maximum absolute atomic E-state index is 12.6. The zero-order chi connectivity index (χ0) is 22.5. The molecule has 10 heteroatoms. The fourth-order valence-electron chi connectivity index (χ4n) is 2.86. The summed E-state index contributed by atoms with van der Waals surface area (Å²) in [5.41, 5.74) is 1.42. The predicted octanol–water partition coefficient (Wildman–Crippen LogP) is 2.56. The Morgan fingerprint density at radius 2 is 1.83 bits per heavy atom. The van der Waals surface area contributed by atoms with E-state index >= 15 is 0 Å². The van der Waals surface area contributed by atoms with Gasteiger partial charge in [0.25, 0.3) is 5.69 Å². The highest BCUT2D eigenvalue weighted by Gasteiger charge is 2.31. The number of aryl methyl sites for hydroxylation is 2. The quantitative estimate of drug-likeness (QED) is 0.367. The number of nitro benzene ring substituents is 1. The zero-order valence-electron chi connectivity index (χ0n) is 17.3. The summed E-state index contributed by atoms with van der Waals surface area (Å²) in [5.74, 6) is 0.117. The van der Waals surface area contributed by atoms with E-state index < -0.39 is 26.9 Å². The van der Waals surface area contributed by atoms with Crippen molar-refractivity contribution in [2.75, 3.05) is 23.7 Å². The summed E-state index contributed by atoms with van der Waals surface area (Å²) < 4.78 is 31.2. The fraction of sp³-hybridized carbons (Fsp3) is 0.350. The second kappa shape index (κ2) is 9.57. The van der Waals surface area contributed by atoms with Crippen molar-refractivity contribution in [3.63, 3.8) is 0 Å². The first kappa shape index (κ1) is 23.1. The lowest BCUT2D eigenvalue weighted by atomic mass is 10.1. The molecule has 0 aliphatic carbocycles. The van der Waals surface area contributed by atoms with Crippen LogP contribution in [0.5, 0.6) is 5.75 Å².